The lowest BCUT2D eigenvalue weighted by Gasteiger charge is -2.02. The zero-order valence-electron chi connectivity index (χ0n) is 13.1. The molecule has 2 rings (SSSR count). The van der Waals surface area contributed by atoms with E-state index in [-0.39, 0.29) is 6.61 Å². The third kappa shape index (κ3) is 7.16. The molecular formula is C15H23N5O2. The van der Waals surface area contributed by atoms with Gasteiger partial charge < -0.3 is 15.2 Å². The van der Waals surface area contributed by atoms with Gasteiger partial charge in [-0.3, -0.25) is 0 Å². The second-order valence-electron chi connectivity index (χ2n) is 4.27. The van der Waals surface area contributed by atoms with E-state index >= 15 is 0 Å². The molecule has 7 nitrogen and oxygen atoms in total. The summed E-state index contributed by atoms with van der Waals surface area (Å²) in [4.78, 5) is 0. The Kier molecular flexibility index (Phi) is 9.60. The van der Waals surface area contributed by atoms with Gasteiger partial charge in [-0.25, -0.2) is 0 Å². The Morgan fingerprint density at radius 2 is 1.77 bits per heavy atom. The fourth-order valence-electron chi connectivity index (χ4n) is 1.57. The van der Waals surface area contributed by atoms with Crippen LogP contribution in [0.15, 0.2) is 30.6 Å². The molecule has 2 N–H and O–H groups in total. The van der Waals surface area contributed by atoms with Gasteiger partial charge >= 0.3 is 0 Å². The zero-order chi connectivity index (χ0) is 16.0. The summed E-state index contributed by atoms with van der Waals surface area (Å²) in [6.45, 7) is 7.13. The summed E-state index contributed by atoms with van der Waals surface area (Å²) in [6, 6.07) is 8.06. The summed E-state index contributed by atoms with van der Waals surface area (Å²) in [5, 5.41) is 26.5. The van der Waals surface area contributed by atoms with Crippen molar-refractivity contribution in [1.82, 2.24) is 25.7 Å². The Morgan fingerprint density at radius 1 is 1.09 bits per heavy atom. The van der Waals surface area contributed by atoms with Gasteiger partial charge in [-0.1, -0.05) is 31.2 Å². The lowest BCUT2D eigenvalue weighted by atomic mass is 10.1. The molecule has 1 aromatic carbocycles. The minimum absolute atomic E-state index is 0.133. The van der Waals surface area contributed by atoms with Crippen LogP contribution >= 0.6 is 0 Å². The van der Waals surface area contributed by atoms with Crippen molar-refractivity contribution < 1.29 is 9.84 Å². The van der Waals surface area contributed by atoms with Crippen molar-refractivity contribution in [3.8, 4) is 11.4 Å². The summed E-state index contributed by atoms with van der Waals surface area (Å²) >= 11 is 0. The van der Waals surface area contributed by atoms with Crippen molar-refractivity contribution in [2.75, 3.05) is 26.4 Å². The third-order valence-electron chi connectivity index (χ3n) is 2.64. The number of hydrogen-bond acceptors (Lipinski definition) is 7. The molecule has 0 aliphatic heterocycles. The molecule has 7 heteroatoms. The molecule has 0 aliphatic carbocycles. The maximum atomic E-state index is 8.07. The molecule has 0 radical (unpaired) electrons. The van der Waals surface area contributed by atoms with Crippen LogP contribution < -0.4 is 5.32 Å². The first-order valence-electron chi connectivity index (χ1n) is 7.30. The van der Waals surface area contributed by atoms with Crippen molar-refractivity contribution in [2.24, 2.45) is 0 Å². The highest BCUT2D eigenvalue weighted by molar-refractivity contribution is 5.53. The molecule has 120 valence electrons. The first kappa shape index (κ1) is 18.1. The van der Waals surface area contributed by atoms with Crippen LogP contribution in [0.1, 0.15) is 19.4 Å². The minimum Gasteiger partial charge on any atom is -0.394 e. The quantitative estimate of drug-likeness (QED) is 0.739. The smallest absolute Gasteiger partial charge is 0.203 e. The number of nitrogens with zero attached hydrogens (tertiary/aromatic N) is 4. The van der Waals surface area contributed by atoms with Crippen molar-refractivity contribution in [3.05, 3.63) is 36.2 Å². The van der Waals surface area contributed by atoms with Crippen molar-refractivity contribution in [2.45, 2.75) is 20.4 Å². The number of aliphatic hydroxyl groups excluding tert-OH is 1. The Hall–Kier alpha value is -1.96. The molecule has 0 spiro atoms. The maximum absolute atomic E-state index is 8.07. The van der Waals surface area contributed by atoms with E-state index in [0.717, 1.165) is 18.7 Å². The van der Waals surface area contributed by atoms with E-state index in [1.807, 2.05) is 31.2 Å². The number of rotatable bonds is 7. The van der Waals surface area contributed by atoms with Gasteiger partial charge in [-0.15, -0.1) is 20.4 Å². The highest BCUT2D eigenvalue weighted by atomic mass is 16.5. The predicted molar refractivity (Wildman–Crippen MR) is 84.0 cm³/mol. The molecule has 0 amide bonds. The van der Waals surface area contributed by atoms with E-state index in [1.54, 1.807) is 0 Å². The average Bonchev–Trinajstić information content (AvgIpc) is 2.60. The monoisotopic (exact) mass is 305 g/mol. The summed E-state index contributed by atoms with van der Waals surface area (Å²) in [5.41, 5.74) is 2.17. The third-order valence-corrected chi connectivity index (χ3v) is 2.64. The van der Waals surface area contributed by atoms with Crippen LogP contribution in [0.2, 0.25) is 0 Å². The van der Waals surface area contributed by atoms with E-state index in [1.165, 1.54) is 11.9 Å². The summed E-state index contributed by atoms with van der Waals surface area (Å²) in [7, 11) is 0. The largest absolute Gasteiger partial charge is 0.394 e. The molecule has 0 aliphatic rings. The number of aliphatic hydroxyl groups is 1. The second kappa shape index (κ2) is 11.7. The van der Waals surface area contributed by atoms with Gasteiger partial charge in [0.15, 0.2) is 6.33 Å². The summed E-state index contributed by atoms with van der Waals surface area (Å²) in [6.07, 6.45) is 1.32. The lowest BCUT2D eigenvalue weighted by Crippen LogP contribution is -2.11. The van der Waals surface area contributed by atoms with Gasteiger partial charge in [0.25, 0.3) is 0 Å². The number of nitrogens with one attached hydrogen (secondary N) is 1. The summed E-state index contributed by atoms with van der Waals surface area (Å²) in [5.74, 6) is 0.553. The van der Waals surface area contributed by atoms with Gasteiger partial charge in [0.2, 0.25) is 5.82 Å². The van der Waals surface area contributed by atoms with Crippen LogP contribution in [0.5, 0.6) is 0 Å². The van der Waals surface area contributed by atoms with E-state index in [0.29, 0.717) is 19.0 Å². The number of ether oxygens (including phenoxy) is 1. The van der Waals surface area contributed by atoms with E-state index in [2.05, 4.69) is 32.6 Å². The fourth-order valence-corrected chi connectivity index (χ4v) is 1.57. The Bertz CT molecular complexity index is 489. The number of benzene rings is 1. The molecule has 0 bridgehead atoms. The molecule has 2 aromatic rings. The maximum Gasteiger partial charge on any atom is 0.203 e. The first-order valence-corrected chi connectivity index (χ1v) is 7.30. The molecule has 22 heavy (non-hydrogen) atoms. The van der Waals surface area contributed by atoms with Gasteiger partial charge in [-0.05, 0) is 19.0 Å². The van der Waals surface area contributed by atoms with E-state index < -0.39 is 0 Å². The van der Waals surface area contributed by atoms with Crippen LogP contribution in [0.25, 0.3) is 11.4 Å². The highest BCUT2D eigenvalue weighted by Gasteiger charge is 2.00. The Balaban J connectivity index is 0.000000346. The number of aromatic nitrogens is 4. The van der Waals surface area contributed by atoms with Crippen LogP contribution in [-0.2, 0) is 11.3 Å². The van der Waals surface area contributed by atoms with Crippen LogP contribution in [0.3, 0.4) is 0 Å². The molecule has 1 heterocycles. The molecule has 0 saturated carbocycles. The minimum atomic E-state index is 0.133. The predicted octanol–water partition coefficient (Wildman–Crippen LogP) is 1.06. The van der Waals surface area contributed by atoms with Crippen LogP contribution in [0.4, 0.5) is 0 Å². The standard InChI is InChI=1S/C11H13N5.C4H10O2/c1-2-12-7-9-3-5-10(6-4-9)11-15-13-8-14-16-11;1-2-6-4-3-5/h3-6,8,12H,2,7H2,1H3;5H,2-4H2,1H3. The SMILES string of the molecule is CCNCc1ccc(-c2nncnn2)cc1.CCOCCO. The Morgan fingerprint density at radius 3 is 2.27 bits per heavy atom. The number of hydrogen-bond donors (Lipinski definition) is 2. The van der Waals surface area contributed by atoms with E-state index in [4.69, 9.17) is 9.84 Å². The normalized spacial score (nSPS) is 9.95. The molecule has 1 aromatic heterocycles. The summed E-state index contributed by atoms with van der Waals surface area (Å²) < 4.78 is 4.73. The molecular weight excluding hydrogens is 282 g/mol. The van der Waals surface area contributed by atoms with Crippen LogP contribution in [0, 0.1) is 0 Å². The topological polar surface area (TPSA) is 93.1 Å². The molecule has 0 unspecified atom stereocenters. The fraction of sp³-hybridized carbons (Fsp3) is 0.467. The molecule has 0 saturated heterocycles. The molecule has 0 fully saturated rings. The van der Waals surface area contributed by atoms with Gasteiger partial charge in [0, 0.05) is 18.7 Å². The van der Waals surface area contributed by atoms with Crippen molar-refractivity contribution in [1.29, 1.82) is 0 Å². The second-order valence-corrected chi connectivity index (χ2v) is 4.27. The van der Waals surface area contributed by atoms with Crippen LogP contribution in [-0.4, -0.2) is 51.9 Å². The highest BCUT2D eigenvalue weighted by Crippen LogP contribution is 2.13. The lowest BCUT2D eigenvalue weighted by molar-refractivity contribution is 0.102. The van der Waals surface area contributed by atoms with Gasteiger partial charge in [0.1, 0.15) is 0 Å². The first-order chi connectivity index (χ1) is 10.8. The van der Waals surface area contributed by atoms with E-state index in [9.17, 15) is 0 Å². The zero-order valence-corrected chi connectivity index (χ0v) is 13.1. The molecule has 0 atom stereocenters. The van der Waals surface area contributed by atoms with Crippen molar-refractivity contribution >= 4 is 0 Å². The van der Waals surface area contributed by atoms with Gasteiger partial charge in [0.05, 0.1) is 13.2 Å². The Labute approximate surface area is 130 Å². The average molecular weight is 305 g/mol. The van der Waals surface area contributed by atoms with Gasteiger partial charge in [-0.2, -0.15) is 0 Å². The van der Waals surface area contributed by atoms with Crippen molar-refractivity contribution in [3.63, 3.8) is 0 Å².